The molecule has 0 bridgehead atoms. The first-order chi connectivity index (χ1) is 8.99. The Hall–Kier alpha value is -2.15. The number of rotatable bonds is 3. The van der Waals surface area contributed by atoms with Crippen LogP contribution in [0.4, 0.5) is 13.2 Å². The third-order valence-electron chi connectivity index (χ3n) is 2.23. The summed E-state index contributed by atoms with van der Waals surface area (Å²) in [6, 6.07) is 8.36. The Morgan fingerprint density at radius 1 is 1.11 bits per heavy atom. The van der Waals surface area contributed by atoms with E-state index in [4.69, 9.17) is 9.84 Å². The summed E-state index contributed by atoms with van der Waals surface area (Å²) in [4.78, 5) is 0. The van der Waals surface area contributed by atoms with Crippen molar-refractivity contribution < 1.29 is 23.0 Å². The van der Waals surface area contributed by atoms with E-state index in [1.54, 1.807) is 24.3 Å². The molecule has 1 aromatic heterocycles. The summed E-state index contributed by atoms with van der Waals surface area (Å²) in [5, 5.41) is 15.3. The summed E-state index contributed by atoms with van der Waals surface area (Å²) in [7, 11) is 0. The molecular weight excluding hydrogens is 261 g/mol. The summed E-state index contributed by atoms with van der Waals surface area (Å²) < 4.78 is 42.1. The van der Waals surface area contributed by atoms with Gasteiger partial charge in [0.15, 0.2) is 5.69 Å². The van der Waals surface area contributed by atoms with Crippen molar-refractivity contribution in [1.82, 2.24) is 10.2 Å². The van der Waals surface area contributed by atoms with Crippen LogP contribution in [-0.4, -0.2) is 15.3 Å². The lowest BCUT2D eigenvalue weighted by atomic mass is 10.2. The molecule has 2 aromatic rings. The van der Waals surface area contributed by atoms with E-state index >= 15 is 0 Å². The van der Waals surface area contributed by atoms with Gasteiger partial charge in [-0.2, -0.15) is 13.2 Å². The lowest BCUT2D eigenvalue weighted by molar-refractivity contribution is -0.141. The van der Waals surface area contributed by atoms with Crippen LogP contribution in [0, 0.1) is 0 Å². The summed E-state index contributed by atoms with van der Waals surface area (Å²) in [5.41, 5.74) is -0.457. The number of aliphatic hydroxyl groups excluding tert-OH is 1. The molecule has 0 saturated heterocycles. The van der Waals surface area contributed by atoms with Crippen molar-refractivity contribution in [2.24, 2.45) is 0 Å². The van der Waals surface area contributed by atoms with Gasteiger partial charge in [-0.05, 0) is 23.8 Å². The number of ether oxygens (including phenoxy) is 1. The fraction of sp³-hybridized carbons (Fsp3) is 0.167. The van der Waals surface area contributed by atoms with Crippen LogP contribution in [0.3, 0.4) is 0 Å². The third kappa shape index (κ3) is 3.41. The highest BCUT2D eigenvalue weighted by Gasteiger charge is 2.32. The maximum atomic E-state index is 12.3. The summed E-state index contributed by atoms with van der Waals surface area (Å²) in [5.74, 6) is 0.309. The number of benzene rings is 1. The SMILES string of the molecule is OCc1cccc(Oc2ccc(C(F)(F)F)nn2)c1. The first kappa shape index (κ1) is 13.3. The second-order valence-electron chi connectivity index (χ2n) is 3.66. The summed E-state index contributed by atoms with van der Waals surface area (Å²) >= 11 is 0. The van der Waals surface area contributed by atoms with E-state index in [2.05, 4.69) is 10.2 Å². The molecule has 0 unspecified atom stereocenters. The number of nitrogens with zero attached hydrogens (tertiary/aromatic N) is 2. The number of alkyl halides is 3. The highest BCUT2D eigenvalue weighted by atomic mass is 19.4. The maximum absolute atomic E-state index is 12.3. The van der Waals surface area contributed by atoms with Gasteiger partial charge >= 0.3 is 6.18 Å². The van der Waals surface area contributed by atoms with Crippen molar-refractivity contribution in [2.45, 2.75) is 12.8 Å². The van der Waals surface area contributed by atoms with E-state index < -0.39 is 11.9 Å². The lowest BCUT2D eigenvalue weighted by Crippen LogP contribution is -2.08. The second-order valence-corrected chi connectivity index (χ2v) is 3.66. The Kier molecular flexibility index (Phi) is 3.66. The predicted octanol–water partition coefficient (Wildman–Crippen LogP) is 2.78. The van der Waals surface area contributed by atoms with E-state index in [0.29, 0.717) is 11.3 Å². The van der Waals surface area contributed by atoms with Crippen LogP contribution in [0.2, 0.25) is 0 Å². The molecule has 1 N–H and O–H groups in total. The first-order valence-electron chi connectivity index (χ1n) is 5.27. The molecule has 0 aliphatic rings. The monoisotopic (exact) mass is 270 g/mol. The van der Waals surface area contributed by atoms with Gasteiger partial charge in [0.05, 0.1) is 6.61 Å². The summed E-state index contributed by atoms with van der Waals surface area (Å²) in [6.07, 6.45) is -4.53. The Balaban J connectivity index is 2.15. The van der Waals surface area contributed by atoms with Crippen LogP contribution in [-0.2, 0) is 12.8 Å². The van der Waals surface area contributed by atoms with Gasteiger partial charge in [-0.3, -0.25) is 0 Å². The van der Waals surface area contributed by atoms with Gasteiger partial charge in [0.1, 0.15) is 5.75 Å². The maximum Gasteiger partial charge on any atom is 0.435 e. The number of hydrogen-bond donors (Lipinski definition) is 1. The fourth-order valence-electron chi connectivity index (χ4n) is 1.35. The van der Waals surface area contributed by atoms with Crippen LogP contribution in [0.1, 0.15) is 11.3 Å². The van der Waals surface area contributed by atoms with Crippen LogP contribution in [0.25, 0.3) is 0 Å². The molecule has 0 aliphatic heterocycles. The predicted molar refractivity (Wildman–Crippen MR) is 59.5 cm³/mol. The zero-order valence-electron chi connectivity index (χ0n) is 9.55. The van der Waals surface area contributed by atoms with Gasteiger partial charge in [-0.25, -0.2) is 0 Å². The molecule has 4 nitrogen and oxygen atoms in total. The van der Waals surface area contributed by atoms with Gasteiger partial charge in [0, 0.05) is 6.07 Å². The average molecular weight is 270 g/mol. The quantitative estimate of drug-likeness (QED) is 0.931. The van der Waals surface area contributed by atoms with Gasteiger partial charge in [-0.15, -0.1) is 10.2 Å². The molecule has 0 spiro atoms. The number of halogens is 3. The molecule has 0 atom stereocenters. The molecule has 0 fully saturated rings. The Labute approximate surface area is 106 Å². The molecule has 0 amide bonds. The van der Waals surface area contributed by atoms with Crippen molar-refractivity contribution >= 4 is 0 Å². The smallest absolute Gasteiger partial charge is 0.435 e. The van der Waals surface area contributed by atoms with Crippen LogP contribution in [0.5, 0.6) is 11.6 Å². The van der Waals surface area contributed by atoms with Crippen molar-refractivity contribution in [3.8, 4) is 11.6 Å². The van der Waals surface area contributed by atoms with Crippen LogP contribution < -0.4 is 4.74 Å². The van der Waals surface area contributed by atoms with E-state index in [0.717, 1.165) is 12.1 Å². The zero-order valence-corrected chi connectivity index (χ0v) is 9.55. The number of hydrogen-bond acceptors (Lipinski definition) is 4. The molecule has 0 aliphatic carbocycles. The third-order valence-corrected chi connectivity index (χ3v) is 2.23. The average Bonchev–Trinajstić information content (AvgIpc) is 2.38. The molecule has 1 heterocycles. The van der Waals surface area contributed by atoms with Gasteiger partial charge in [0.2, 0.25) is 5.88 Å². The van der Waals surface area contributed by atoms with Gasteiger partial charge < -0.3 is 9.84 Å². The van der Waals surface area contributed by atoms with E-state index in [9.17, 15) is 13.2 Å². The van der Waals surface area contributed by atoms with Gasteiger partial charge in [0.25, 0.3) is 0 Å². The molecule has 2 rings (SSSR count). The van der Waals surface area contributed by atoms with E-state index in [1.807, 2.05) is 0 Å². The number of aliphatic hydroxyl groups is 1. The van der Waals surface area contributed by atoms with Crippen LogP contribution >= 0.6 is 0 Å². The molecular formula is C12H9F3N2O2. The number of aromatic nitrogens is 2. The van der Waals surface area contributed by atoms with Crippen molar-refractivity contribution in [3.63, 3.8) is 0 Å². The van der Waals surface area contributed by atoms with Crippen LogP contribution in [0.15, 0.2) is 36.4 Å². The minimum atomic E-state index is -4.53. The Morgan fingerprint density at radius 2 is 1.89 bits per heavy atom. The highest BCUT2D eigenvalue weighted by Crippen LogP contribution is 2.28. The summed E-state index contributed by atoms with van der Waals surface area (Å²) in [6.45, 7) is -0.157. The minimum absolute atomic E-state index is 0.0527. The zero-order chi connectivity index (χ0) is 13.9. The Bertz CT molecular complexity index is 556. The first-order valence-corrected chi connectivity index (χ1v) is 5.27. The fourth-order valence-corrected chi connectivity index (χ4v) is 1.35. The van der Waals surface area contributed by atoms with Crippen molar-refractivity contribution in [3.05, 3.63) is 47.7 Å². The molecule has 19 heavy (non-hydrogen) atoms. The van der Waals surface area contributed by atoms with E-state index in [-0.39, 0.29) is 12.5 Å². The highest BCUT2D eigenvalue weighted by molar-refractivity contribution is 5.31. The molecule has 0 saturated carbocycles. The van der Waals surface area contributed by atoms with Crippen molar-refractivity contribution in [1.29, 1.82) is 0 Å². The topological polar surface area (TPSA) is 55.2 Å². The molecule has 0 radical (unpaired) electrons. The molecule has 1 aromatic carbocycles. The molecule has 7 heteroatoms. The van der Waals surface area contributed by atoms with E-state index in [1.165, 1.54) is 0 Å². The largest absolute Gasteiger partial charge is 0.438 e. The van der Waals surface area contributed by atoms with Crippen molar-refractivity contribution in [2.75, 3.05) is 0 Å². The minimum Gasteiger partial charge on any atom is -0.438 e. The molecule has 100 valence electrons. The van der Waals surface area contributed by atoms with Gasteiger partial charge in [-0.1, -0.05) is 12.1 Å². The lowest BCUT2D eigenvalue weighted by Gasteiger charge is -2.07. The normalized spacial score (nSPS) is 11.4. The second kappa shape index (κ2) is 5.23. The standard InChI is InChI=1S/C12H9F3N2O2/c13-12(14,15)10-4-5-11(17-16-10)19-9-3-1-2-8(6-9)7-18/h1-6,18H,7H2. The Morgan fingerprint density at radius 3 is 2.47 bits per heavy atom.